The Morgan fingerprint density at radius 2 is 2.04 bits per heavy atom. The SMILES string of the molecule is CCOC(=O)C1=NN[C@@H](C[C@@H](NC(=O)OC(C)(C)C)C(=O)OC)C1. The summed E-state index contributed by atoms with van der Waals surface area (Å²) in [6.45, 7) is 7.12. The Balaban J connectivity index is 2.61. The van der Waals surface area contributed by atoms with Crippen LogP contribution in [0.3, 0.4) is 0 Å². The number of hydrogen-bond donors (Lipinski definition) is 2. The number of carbonyl (C=O) groups excluding carboxylic acids is 3. The molecule has 0 radical (unpaired) electrons. The van der Waals surface area contributed by atoms with Crippen LogP contribution >= 0.6 is 0 Å². The monoisotopic (exact) mass is 343 g/mol. The molecule has 0 bridgehead atoms. The van der Waals surface area contributed by atoms with Gasteiger partial charge in [0.2, 0.25) is 0 Å². The fourth-order valence-corrected chi connectivity index (χ4v) is 2.06. The van der Waals surface area contributed by atoms with E-state index < -0.39 is 29.7 Å². The first-order valence-electron chi connectivity index (χ1n) is 7.72. The third-order valence-corrected chi connectivity index (χ3v) is 3.03. The van der Waals surface area contributed by atoms with Crippen LogP contribution in [0.15, 0.2) is 5.10 Å². The van der Waals surface area contributed by atoms with Crippen molar-refractivity contribution in [2.24, 2.45) is 5.10 Å². The molecule has 0 fully saturated rings. The molecule has 9 nitrogen and oxygen atoms in total. The Labute approximate surface area is 141 Å². The van der Waals surface area contributed by atoms with E-state index >= 15 is 0 Å². The van der Waals surface area contributed by atoms with Crippen LogP contribution < -0.4 is 10.7 Å². The second kappa shape index (κ2) is 8.51. The van der Waals surface area contributed by atoms with Gasteiger partial charge >= 0.3 is 18.0 Å². The summed E-state index contributed by atoms with van der Waals surface area (Å²) in [5.41, 5.74) is 2.33. The zero-order valence-electron chi connectivity index (χ0n) is 14.7. The van der Waals surface area contributed by atoms with Crippen LogP contribution in [-0.2, 0) is 23.8 Å². The highest BCUT2D eigenvalue weighted by atomic mass is 16.6. The van der Waals surface area contributed by atoms with Gasteiger partial charge in [-0.15, -0.1) is 0 Å². The van der Waals surface area contributed by atoms with Gasteiger partial charge in [-0.1, -0.05) is 0 Å². The van der Waals surface area contributed by atoms with E-state index in [2.05, 4.69) is 15.8 Å². The molecular weight excluding hydrogens is 318 g/mol. The lowest BCUT2D eigenvalue weighted by molar-refractivity contribution is -0.143. The first-order valence-corrected chi connectivity index (χ1v) is 7.72. The summed E-state index contributed by atoms with van der Waals surface area (Å²) in [7, 11) is 1.23. The first-order chi connectivity index (χ1) is 11.2. The van der Waals surface area contributed by atoms with E-state index in [1.165, 1.54) is 7.11 Å². The first kappa shape index (κ1) is 19.7. The number of nitrogens with zero attached hydrogens (tertiary/aromatic N) is 1. The van der Waals surface area contributed by atoms with Gasteiger partial charge in [-0.05, 0) is 27.7 Å². The minimum atomic E-state index is -0.918. The molecule has 0 unspecified atom stereocenters. The van der Waals surface area contributed by atoms with Gasteiger partial charge in [-0.3, -0.25) is 0 Å². The molecule has 1 heterocycles. The van der Waals surface area contributed by atoms with Crippen molar-refractivity contribution in [1.29, 1.82) is 0 Å². The van der Waals surface area contributed by atoms with E-state index in [0.29, 0.717) is 6.42 Å². The second-order valence-electron chi connectivity index (χ2n) is 6.27. The summed E-state index contributed by atoms with van der Waals surface area (Å²) in [6.07, 6.45) is -0.233. The van der Waals surface area contributed by atoms with E-state index in [4.69, 9.17) is 14.2 Å². The number of rotatable bonds is 6. The van der Waals surface area contributed by atoms with Crippen molar-refractivity contribution in [2.75, 3.05) is 13.7 Å². The largest absolute Gasteiger partial charge is 0.467 e. The van der Waals surface area contributed by atoms with Crippen molar-refractivity contribution >= 4 is 23.7 Å². The maximum Gasteiger partial charge on any atom is 0.408 e. The zero-order valence-corrected chi connectivity index (χ0v) is 14.7. The van der Waals surface area contributed by atoms with Crippen LogP contribution in [0.2, 0.25) is 0 Å². The van der Waals surface area contributed by atoms with E-state index in [-0.39, 0.29) is 24.8 Å². The van der Waals surface area contributed by atoms with Gasteiger partial charge in [0.15, 0.2) is 0 Å². The minimum absolute atomic E-state index is 0.193. The number of esters is 2. The van der Waals surface area contributed by atoms with Crippen LogP contribution in [0.25, 0.3) is 0 Å². The number of amides is 1. The van der Waals surface area contributed by atoms with Gasteiger partial charge in [0.1, 0.15) is 17.4 Å². The van der Waals surface area contributed by atoms with Crippen LogP contribution in [0, 0.1) is 0 Å². The molecule has 0 saturated heterocycles. The Kier molecular flexibility index (Phi) is 6.99. The quantitative estimate of drug-likeness (QED) is 0.539. The predicted octanol–water partition coefficient (Wildman–Crippen LogP) is 0.724. The molecule has 136 valence electrons. The molecule has 1 rings (SSSR count). The maximum atomic E-state index is 11.9. The molecule has 0 aromatic carbocycles. The Morgan fingerprint density at radius 1 is 1.38 bits per heavy atom. The molecule has 1 aliphatic rings. The summed E-state index contributed by atoms with van der Waals surface area (Å²) >= 11 is 0. The average Bonchev–Trinajstić information content (AvgIpc) is 2.92. The van der Waals surface area contributed by atoms with E-state index in [9.17, 15) is 14.4 Å². The topological polar surface area (TPSA) is 115 Å². The van der Waals surface area contributed by atoms with Crippen LogP contribution in [0.5, 0.6) is 0 Å². The normalized spacial score (nSPS) is 18.0. The van der Waals surface area contributed by atoms with Crippen molar-refractivity contribution in [3.8, 4) is 0 Å². The van der Waals surface area contributed by atoms with E-state index in [1.807, 2.05) is 0 Å². The van der Waals surface area contributed by atoms with E-state index in [1.54, 1.807) is 27.7 Å². The Hall–Kier alpha value is -2.32. The van der Waals surface area contributed by atoms with Crippen LogP contribution in [0.1, 0.15) is 40.5 Å². The van der Waals surface area contributed by atoms with Crippen LogP contribution in [0.4, 0.5) is 4.79 Å². The number of hydrazone groups is 1. The van der Waals surface area contributed by atoms with Crippen molar-refractivity contribution in [3.05, 3.63) is 0 Å². The molecule has 9 heteroatoms. The van der Waals surface area contributed by atoms with Crippen molar-refractivity contribution in [3.63, 3.8) is 0 Å². The summed E-state index contributed by atoms with van der Waals surface area (Å²) in [5, 5.41) is 6.39. The molecular formula is C15H25N3O6. The summed E-state index contributed by atoms with van der Waals surface area (Å²) in [6, 6.07) is -1.22. The van der Waals surface area contributed by atoms with Gasteiger partial charge < -0.3 is 25.0 Å². The van der Waals surface area contributed by atoms with Crippen molar-refractivity contribution in [2.45, 2.75) is 58.2 Å². The highest BCUT2D eigenvalue weighted by Crippen LogP contribution is 2.13. The third-order valence-electron chi connectivity index (χ3n) is 3.03. The van der Waals surface area contributed by atoms with Gasteiger partial charge in [0.25, 0.3) is 0 Å². The third kappa shape index (κ3) is 6.43. The number of carbonyl (C=O) groups is 3. The lowest BCUT2D eigenvalue weighted by Crippen LogP contribution is -2.46. The highest BCUT2D eigenvalue weighted by Gasteiger charge is 2.32. The number of hydrogen-bond acceptors (Lipinski definition) is 8. The highest BCUT2D eigenvalue weighted by molar-refractivity contribution is 6.36. The molecule has 0 aromatic rings. The van der Waals surface area contributed by atoms with Crippen LogP contribution in [-0.4, -0.2) is 55.1 Å². The Bertz CT molecular complexity index is 512. The minimum Gasteiger partial charge on any atom is -0.467 e. The molecule has 0 saturated carbocycles. The van der Waals surface area contributed by atoms with Gasteiger partial charge in [-0.25, -0.2) is 14.4 Å². The molecule has 2 atom stereocenters. The standard InChI is InChI=1S/C15H25N3O6/c1-6-23-13(20)11-8-9(17-18-11)7-10(12(19)22-5)16-14(21)24-15(2,3)4/h9-10,17H,6-8H2,1-5H3,(H,16,21)/t9-,10+/m0/s1. The number of methoxy groups -OCH3 is 1. The molecule has 0 aliphatic carbocycles. The zero-order chi connectivity index (χ0) is 18.3. The summed E-state index contributed by atoms with van der Waals surface area (Å²) in [5.74, 6) is -1.10. The smallest absolute Gasteiger partial charge is 0.408 e. The van der Waals surface area contributed by atoms with Gasteiger partial charge in [0, 0.05) is 12.8 Å². The van der Waals surface area contributed by atoms with Crippen molar-refractivity contribution < 1.29 is 28.6 Å². The fraction of sp³-hybridized carbons (Fsp3) is 0.733. The van der Waals surface area contributed by atoms with Crippen molar-refractivity contribution in [1.82, 2.24) is 10.7 Å². The summed E-state index contributed by atoms with van der Waals surface area (Å²) in [4.78, 5) is 35.4. The van der Waals surface area contributed by atoms with Gasteiger partial charge in [0.05, 0.1) is 19.8 Å². The maximum absolute atomic E-state index is 11.9. The fourth-order valence-electron chi connectivity index (χ4n) is 2.06. The number of nitrogens with one attached hydrogen (secondary N) is 2. The second-order valence-corrected chi connectivity index (χ2v) is 6.27. The Morgan fingerprint density at radius 3 is 2.58 bits per heavy atom. The average molecular weight is 343 g/mol. The number of ether oxygens (including phenoxy) is 3. The molecule has 2 N–H and O–H groups in total. The number of alkyl carbamates (subject to hydrolysis) is 1. The molecule has 1 amide bonds. The van der Waals surface area contributed by atoms with Gasteiger partial charge in [-0.2, -0.15) is 5.10 Å². The molecule has 24 heavy (non-hydrogen) atoms. The predicted molar refractivity (Wildman–Crippen MR) is 85.4 cm³/mol. The molecule has 0 aromatic heterocycles. The van der Waals surface area contributed by atoms with E-state index in [0.717, 1.165) is 0 Å². The molecule has 1 aliphatic heterocycles. The summed E-state index contributed by atoms with van der Waals surface area (Å²) < 4.78 is 14.7. The lowest BCUT2D eigenvalue weighted by Gasteiger charge is -2.23. The lowest BCUT2D eigenvalue weighted by atomic mass is 10.0. The molecule has 0 spiro atoms.